The van der Waals surface area contributed by atoms with Gasteiger partial charge in [-0.2, -0.15) is 5.26 Å². The van der Waals surface area contributed by atoms with Crippen LogP contribution in [0.3, 0.4) is 0 Å². The zero-order valence-electron chi connectivity index (χ0n) is 13.4. The highest BCUT2D eigenvalue weighted by atomic mass is 35.5. The largest absolute Gasteiger partial charge is 0.266 e. The van der Waals surface area contributed by atoms with Crippen molar-refractivity contribution in [2.75, 3.05) is 4.72 Å². The Morgan fingerprint density at radius 2 is 1.89 bits per heavy atom. The van der Waals surface area contributed by atoms with Crippen LogP contribution in [0.4, 0.5) is 13.9 Å². The van der Waals surface area contributed by atoms with E-state index in [0.29, 0.717) is 22.7 Å². The van der Waals surface area contributed by atoms with Crippen LogP contribution in [-0.4, -0.2) is 13.4 Å². The maximum Gasteiger partial charge on any atom is 0.266 e. The Bertz CT molecular complexity index is 1110. The Morgan fingerprint density at radius 1 is 1.19 bits per heavy atom. The molecular formula is C17H10ClF2N3O2S2. The van der Waals surface area contributed by atoms with Gasteiger partial charge in [-0.1, -0.05) is 23.7 Å². The lowest BCUT2D eigenvalue weighted by atomic mass is 9.92. The first-order valence-corrected chi connectivity index (χ1v) is 10.1. The Hall–Kier alpha value is -2.54. The molecule has 1 atom stereocenters. The van der Waals surface area contributed by atoms with E-state index in [4.69, 9.17) is 11.6 Å². The minimum Gasteiger partial charge on any atom is -0.255 e. The quantitative estimate of drug-likeness (QED) is 0.651. The van der Waals surface area contributed by atoms with Crippen molar-refractivity contribution in [2.45, 2.75) is 10.8 Å². The molecule has 1 heterocycles. The average molecular weight is 426 g/mol. The molecule has 27 heavy (non-hydrogen) atoms. The molecule has 2 aromatic carbocycles. The minimum atomic E-state index is -4.37. The number of thiazole rings is 1. The van der Waals surface area contributed by atoms with E-state index in [1.165, 1.54) is 35.8 Å². The molecule has 0 bridgehead atoms. The first-order valence-electron chi connectivity index (χ1n) is 7.38. The van der Waals surface area contributed by atoms with Crippen molar-refractivity contribution in [3.05, 3.63) is 75.8 Å². The monoisotopic (exact) mass is 425 g/mol. The molecule has 0 radical (unpaired) electrons. The molecule has 0 aliphatic carbocycles. The number of anilines is 1. The van der Waals surface area contributed by atoms with E-state index < -0.39 is 32.5 Å². The molecule has 10 heteroatoms. The summed E-state index contributed by atoms with van der Waals surface area (Å²) in [6.07, 6.45) is 1.37. The highest BCUT2D eigenvalue weighted by Gasteiger charge is 2.26. The number of hydrogen-bond donors (Lipinski definition) is 1. The van der Waals surface area contributed by atoms with Gasteiger partial charge in [0.05, 0.1) is 12.0 Å². The smallest absolute Gasteiger partial charge is 0.255 e. The summed E-state index contributed by atoms with van der Waals surface area (Å²) in [6, 6.07) is 9.24. The van der Waals surface area contributed by atoms with Crippen molar-refractivity contribution in [2.24, 2.45) is 0 Å². The number of rotatable bonds is 5. The standard InChI is InChI=1S/C17H10ClF2N3O2S2/c18-11-3-1-10(2-4-11)13(9-21)12-7-15(20)16(8-14(12)19)27(24,25)23-17-22-5-6-26-17/h1-8,13H,(H,22,23)/t13-/m1/s1. The van der Waals surface area contributed by atoms with Gasteiger partial charge in [0.2, 0.25) is 0 Å². The van der Waals surface area contributed by atoms with Gasteiger partial charge in [-0.05, 0) is 29.8 Å². The summed E-state index contributed by atoms with van der Waals surface area (Å²) in [5, 5.41) is 11.4. The molecule has 0 saturated heterocycles. The molecule has 0 saturated carbocycles. The van der Waals surface area contributed by atoms with Crippen molar-refractivity contribution in [3.8, 4) is 6.07 Å². The van der Waals surface area contributed by atoms with Crippen LogP contribution in [0.1, 0.15) is 17.0 Å². The molecule has 0 aliphatic heterocycles. The maximum atomic E-state index is 14.6. The molecule has 3 aromatic rings. The Labute approximate surface area is 162 Å². The highest BCUT2D eigenvalue weighted by molar-refractivity contribution is 7.93. The van der Waals surface area contributed by atoms with Gasteiger partial charge in [-0.3, -0.25) is 4.72 Å². The molecule has 3 rings (SSSR count). The van der Waals surface area contributed by atoms with E-state index >= 15 is 0 Å². The van der Waals surface area contributed by atoms with Crippen molar-refractivity contribution in [1.82, 2.24) is 4.98 Å². The number of aromatic nitrogens is 1. The molecule has 0 spiro atoms. The second kappa shape index (κ2) is 7.60. The molecule has 0 unspecified atom stereocenters. The van der Waals surface area contributed by atoms with Gasteiger partial charge in [-0.15, -0.1) is 11.3 Å². The SMILES string of the molecule is N#C[C@H](c1ccc(Cl)cc1)c1cc(F)c(S(=O)(=O)Nc2nccs2)cc1F. The third-order valence-corrected chi connectivity index (χ3v) is 6.06. The second-order valence-electron chi connectivity index (χ2n) is 5.36. The summed E-state index contributed by atoms with van der Waals surface area (Å²) in [6.45, 7) is 0. The lowest BCUT2D eigenvalue weighted by Crippen LogP contribution is -2.16. The van der Waals surface area contributed by atoms with Crippen LogP contribution in [-0.2, 0) is 10.0 Å². The summed E-state index contributed by atoms with van der Waals surface area (Å²) in [5.74, 6) is -3.32. The van der Waals surface area contributed by atoms with E-state index in [1.807, 2.05) is 6.07 Å². The van der Waals surface area contributed by atoms with Gasteiger partial charge in [0.15, 0.2) is 5.13 Å². The fraction of sp³-hybridized carbons (Fsp3) is 0.0588. The third-order valence-electron chi connectivity index (χ3n) is 3.64. The van der Waals surface area contributed by atoms with Gasteiger partial charge in [-0.25, -0.2) is 22.2 Å². The first kappa shape index (κ1) is 19.2. The van der Waals surface area contributed by atoms with E-state index in [-0.39, 0.29) is 10.7 Å². The number of benzene rings is 2. The van der Waals surface area contributed by atoms with Crippen molar-refractivity contribution < 1.29 is 17.2 Å². The van der Waals surface area contributed by atoms with Crippen molar-refractivity contribution in [3.63, 3.8) is 0 Å². The zero-order chi connectivity index (χ0) is 19.6. The Kier molecular flexibility index (Phi) is 5.41. The summed E-state index contributed by atoms with van der Waals surface area (Å²) in [7, 11) is -4.37. The van der Waals surface area contributed by atoms with Gasteiger partial charge in [0.25, 0.3) is 10.0 Å². The Balaban J connectivity index is 2.02. The van der Waals surface area contributed by atoms with Crippen LogP contribution in [0, 0.1) is 23.0 Å². The summed E-state index contributed by atoms with van der Waals surface area (Å²) >= 11 is 6.79. The topological polar surface area (TPSA) is 82.8 Å². The molecule has 0 fully saturated rings. The van der Waals surface area contributed by atoms with Crippen LogP contribution in [0.15, 0.2) is 52.9 Å². The molecule has 5 nitrogen and oxygen atoms in total. The van der Waals surface area contributed by atoms with Crippen LogP contribution in [0.25, 0.3) is 0 Å². The minimum absolute atomic E-state index is 0.0231. The van der Waals surface area contributed by atoms with Crippen LogP contribution < -0.4 is 4.72 Å². The third kappa shape index (κ3) is 4.08. The number of sulfonamides is 1. The maximum absolute atomic E-state index is 14.6. The van der Waals surface area contributed by atoms with Crippen molar-refractivity contribution >= 4 is 38.1 Å². The Morgan fingerprint density at radius 3 is 2.48 bits per heavy atom. The van der Waals surface area contributed by atoms with Crippen LogP contribution in [0.2, 0.25) is 5.02 Å². The fourth-order valence-corrected chi connectivity index (χ4v) is 4.38. The zero-order valence-corrected chi connectivity index (χ0v) is 15.7. The summed E-state index contributed by atoms with van der Waals surface area (Å²) in [5.41, 5.74) is 0.127. The van der Waals surface area contributed by atoms with Gasteiger partial charge in [0.1, 0.15) is 16.5 Å². The van der Waals surface area contributed by atoms with Gasteiger partial charge in [0, 0.05) is 22.2 Å². The number of nitriles is 1. The van der Waals surface area contributed by atoms with E-state index in [2.05, 4.69) is 9.71 Å². The molecular weight excluding hydrogens is 416 g/mol. The highest BCUT2D eigenvalue weighted by Crippen LogP contribution is 2.31. The lowest BCUT2D eigenvalue weighted by Gasteiger charge is -2.14. The molecule has 0 amide bonds. The van der Waals surface area contributed by atoms with Crippen molar-refractivity contribution in [1.29, 1.82) is 5.26 Å². The number of halogens is 3. The van der Waals surface area contributed by atoms with Gasteiger partial charge >= 0.3 is 0 Å². The summed E-state index contributed by atoms with van der Waals surface area (Å²) in [4.78, 5) is 2.87. The fourth-order valence-electron chi connectivity index (χ4n) is 2.39. The predicted octanol–water partition coefficient (Wildman–Crippen LogP) is 4.53. The molecule has 1 N–H and O–H groups in total. The van der Waals surface area contributed by atoms with E-state index in [1.54, 1.807) is 0 Å². The summed E-state index contributed by atoms with van der Waals surface area (Å²) < 4.78 is 55.8. The normalized spacial score (nSPS) is 12.4. The molecule has 138 valence electrons. The first-order chi connectivity index (χ1) is 12.8. The predicted molar refractivity (Wildman–Crippen MR) is 98.2 cm³/mol. The van der Waals surface area contributed by atoms with Crippen LogP contribution in [0.5, 0.6) is 0 Å². The number of hydrogen-bond acceptors (Lipinski definition) is 5. The van der Waals surface area contributed by atoms with E-state index in [0.717, 1.165) is 11.3 Å². The number of nitrogens with zero attached hydrogens (tertiary/aromatic N) is 2. The number of nitrogens with one attached hydrogen (secondary N) is 1. The molecule has 1 aromatic heterocycles. The lowest BCUT2D eigenvalue weighted by molar-refractivity contribution is 0.547. The average Bonchev–Trinajstić information content (AvgIpc) is 3.12. The van der Waals surface area contributed by atoms with Gasteiger partial charge < -0.3 is 0 Å². The second-order valence-corrected chi connectivity index (χ2v) is 8.34. The molecule has 0 aliphatic rings. The van der Waals surface area contributed by atoms with E-state index in [9.17, 15) is 22.5 Å². The van der Waals surface area contributed by atoms with Crippen LogP contribution >= 0.6 is 22.9 Å².